The Morgan fingerprint density at radius 2 is 1.47 bits per heavy atom. The normalized spacial score (nSPS) is 10.9. The largest absolute Gasteiger partial charge is 0.423 e. The summed E-state index contributed by atoms with van der Waals surface area (Å²) in [5.74, 6) is -2.88. The summed E-state index contributed by atoms with van der Waals surface area (Å²) in [5.41, 5.74) is 4.54. The van der Waals surface area contributed by atoms with Gasteiger partial charge in [0, 0.05) is 0 Å². The molecular weight excluding hydrogens is 413 g/mol. The number of esters is 1. The summed E-state index contributed by atoms with van der Waals surface area (Å²) in [6, 6.07) is 19.0. The molecule has 0 saturated heterocycles. The van der Waals surface area contributed by atoms with Gasteiger partial charge in [0.05, 0.1) is 17.0 Å². The van der Waals surface area contributed by atoms with E-state index in [1.54, 1.807) is 43.3 Å². The van der Waals surface area contributed by atoms with Crippen molar-refractivity contribution in [3.05, 3.63) is 95.3 Å². The fourth-order valence-corrected chi connectivity index (χ4v) is 2.61. The summed E-state index contributed by atoms with van der Waals surface area (Å²) in [6.07, 6.45) is 0. The summed E-state index contributed by atoms with van der Waals surface area (Å²) in [6.45, 7) is 3.55. The van der Waals surface area contributed by atoms with Crippen molar-refractivity contribution >= 4 is 29.2 Å². The van der Waals surface area contributed by atoms with E-state index in [-0.39, 0.29) is 5.69 Å². The fourth-order valence-electron chi connectivity index (χ4n) is 2.61. The second-order valence-electron chi connectivity index (χ2n) is 6.85. The molecule has 0 fully saturated rings. The number of carbonyl (C=O) groups is 3. The average Bonchev–Trinajstić information content (AvgIpc) is 2.79. The van der Waals surface area contributed by atoms with Crippen molar-refractivity contribution in [1.29, 1.82) is 0 Å². The number of nitrogens with zero attached hydrogens (tertiary/aromatic N) is 1. The zero-order valence-electron chi connectivity index (χ0n) is 17.4. The quantitative estimate of drug-likeness (QED) is 0.210. The fraction of sp³-hybridized carbons (Fsp3) is 0.0833. The number of hydrazone groups is 1. The van der Waals surface area contributed by atoms with E-state index in [1.807, 2.05) is 19.1 Å². The molecule has 0 bridgehead atoms. The molecule has 0 heterocycles. The summed E-state index contributed by atoms with van der Waals surface area (Å²) in [4.78, 5) is 36.0. The number of nitrogens with one attached hydrogen (secondary N) is 2. The third-order valence-electron chi connectivity index (χ3n) is 4.42. The SMILES string of the molecule is CC(=NNC(=O)C(=O)Nc1ccccc1F)c1ccc(OC(=O)c2ccc(C)cc2)cc1. The molecule has 3 rings (SSSR count). The van der Waals surface area contributed by atoms with Gasteiger partial charge in [-0.25, -0.2) is 14.6 Å². The number of carbonyl (C=O) groups excluding carboxylic acids is 3. The van der Waals surface area contributed by atoms with Crippen LogP contribution >= 0.6 is 0 Å². The predicted octanol–water partition coefficient (Wildman–Crippen LogP) is 3.83. The van der Waals surface area contributed by atoms with Crippen LogP contribution in [0.3, 0.4) is 0 Å². The summed E-state index contributed by atoms with van der Waals surface area (Å²) >= 11 is 0. The lowest BCUT2D eigenvalue weighted by Gasteiger charge is -2.07. The molecule has 2 amide bonds. The number of rotatable bonds is 5. The van der Waals surface area contributed by atoms with E-state index in [9.17, 15) is 18.8 Å². The van der Waals surface area contributed by atoms with Gasteiger partial charge in [0.2, 0.25) is 0 Å². The first-order chi connectivity index (χ1) is 15.3. The Balaban J connectivity index is 1.57. The maximum atomic E-state index is 13.6. The number of amides is 2. The molecule has 0 radical (unpaired) electrons. The molecule has 2 N–H and O–H groups in total. The molecule has 32 heavy (non-hydrogen) atoms. The second-order valence-corrected chi connectivity index (χ2v) is 6.85. The van der Waals surface area contributed by atoms with Gasteiger partial charge in [0.25, 0.3) is 0 Å². The third-order valence-corrected chi connectivity index (χ3v) is 4.42. The van der Waals surface area contributed by atoms with Gasteiger partial charge in [-0.1, -0.05) is 29.8 Å². The van der Waals surface area contributed by atoms with Crippen LogP contribution in [-0.4, -0.2) is 23.5 Å². The van der Waals surface area contributed by atoms with Crippen LogP contribution in [0, 0.1) is 12.7 Å². The summed E-state index contributed by atoms with van der Waals surface area (Å²) < 4.78 is 18.9. The van der Waals surface area contributed by atoms with Gasteiger partial charge in [0.15, 0.2) is 0 Å². The van der Waals surface area contributed by atoms with Gasteiger partial charge in [-0.3, -0.25) is 9.59 Å². The first-order valence-corrected chi connectivity index (χ1v) is 9.63. The lowest BCUT2D eigenvalue weighted by atomic mass is 10.1. The first-order valence-electron chi connectivity index (χ1n) is 9.63. The molecule has 0 aliphatic rings. The number of halogens is 1. The Morgan fingerprint density at radius 1 is 0.844 bits per heavy atom. The lowest BCUT2D eigenvalue weighted by Crippen LogP contribution is -2.33. The maximum absolute atomic E-state index is 13.6. The smallest absolute Gasteiger partial charge is 0.343 e. The number of aryl methyl sites for hydroxylation is 1. The summed E-state index contributed by atoms with van der Waals surface area (Å²) in [5, 5.41) is 6.05. The maximum Gasteiger partial charge on any atom is 0.343 e. The highest BCUT2D eigenvalue weighted by molar-refractivity contribution is 6.39. The molecule has 0 aromatic heterocycles. The number of ether oxygens (including phenoxy) is 1. The van der Waals surface area contributed by atoms with Crippen molar-refractivity contribution in [2.75, 3.05) is 5.32 Å². The number of hydrogen-bond acceptors (Lipinski definition) is 5. The highest BCUT2D eigenvalue weighted by atomic mass is 19.1. The second kappa shape index (κ2) is 10.1. The molecule has 3 aromatic carbocycles. The number of para-hydroxylation sites is 1. The Kier molecular flexibility index (Phi) is 7.07. The van der Waals surface area contributed by atoms with E-state index in [0.717, 1.165) is 11.6 Å². The first kappa shape index (κ1) is 22.4. The van der Waals surface area contributed by atoms with Gasteiger partial charge < -0.3 is 10.1 Å². The van der Waals surface area contributed by atoms with Crippen LogP contribution in [0.2, 0.25) is 0 Å². The molecule has 0 aliphatic carbocycles. The molecule has 7 nitrogen and oxygen atoms in total. The highest BCUT2D eigenvalue weighted by Gasteiger charge is 2.15. The number of benzene rings is 3. The molecule has 0 aliphatic heterocycles. The van der Waals surface area contributed by atoms with Crippen molar-refractivity contribution < 1.29 is 23.5 Å². The van der Waals surface area contributed by atoms with Gasteiger partial charge in [0.1, 0.15) is 11.6 Å². The molecule has 8 heteroatoms. The van der Waals surface area contributed by atoms with Crippen molar-refractivity contribution in [3.8, 4) is 5.75 Å². The minimum Gasteiger partial charge on any atom is -0.423 e. The van der Waals surface area contributed by atoms with E-state index in [0.29, 0.717) is 22.6 Å². The zero-order chi connectivity index (χ0) is 23.1. The molecule has 3 aromatic rings. The Labute approximate surface area is 183 Å². The van der Waals surface area contributed by atoms with Crippen molar-refractivity contribution in [3.63, 3.8) is 0 Å². The molecular formula is C24H20FN3O4. The molecule has 0 spiro atoms. The van der Waals surface area contributed by atoms with Crippen molar-refractivity contribution in [1.82, 2.24) is 5.43 Å². The zero-order valence-corrected chi connectivity index (χ0v) is 17.4. The lowest BCUT2D eigenvalue weighted by molar-refractivity contribution is -0.136. The Morgan fingerprint density at radius 3 is 2.12 bits per heavy atom. The average molecular weight is 433 g/mol. The van der Waals surface area contributed by atoms with Crippen molar-refractivity contribution in [2.24, 2.45) is 5.10 Å². The topological polar surface area (TPSA) is 96.9 Å². The van der Waals surface area contributed by atoms with Gasteiger partial charge in [-0.2, -0.15) is 5.10 Å². The third kappa shape index (κ3) is 5.85. The van der Waals surface area contributed by atoms with E-state index in [1.165, 1.54) is 18.2 Å². The molecule has 0 atom stereocenters. The molecule has 0 saturated carbocycles. The van der Waals surface area contributed by atoms with Gasteiger partial charge in [-0.15, -0.1) is 0 Å². The number of anilines is 1. The Hall–Kier alpha value is -4.33. The van der Waals surface area contributed by atoms with Crippen LogP contribution in [0.1, 0.15) is 28.4 Å². The van der Waals surface area contributed by atoms with Gasteiger partial charge >= 0.3 is 17.8 Å². The van der Waals surface area contributed by atoms with Gasteiger partial charge in [-0.05, 0) is 67.9 Å². The van der Waals surface area contributed by atoms with E-state index < -0.39 is 23.6 Å². The van der Waals surface area contributed by atoms with Crippen LogP contribution in [0.5, 0.6) is 5.75 Å². The van der Waals surface area contributed by atoms with Crippen molar-refractivity contribution in [2.45, 2.75) is 13.8 Å². The Bertz CT molecular complexity index is 1170. The standard InChI is InChI=1S/C24H20FN3O4/c1-15-7-9-18(10-8-15)24(31)32-19-13-11-17(12-14-19)16(2)27-28-23(30)22(29)26-21-6-4-3-5-20(21)25/h3-14H,1-2H3,(H,26,29)(H,28,30). The highest BCUT2D eigenvalue weighted by Crippen LogP contribution is 2.15. The monoisotopic (exact) mass is 433 g/mol. The van der Waals surface area contributed by atoms with Crippen LogP contribution < -0.4 is 15.5 Å². The van der Waals surface area contributed by atoms with Crippen LogP contribution in [-0.2, 0) is 9.59 Å². The minimum atomic E-state index is -1.05. The van der Waals surface area contributed by atoms with E-state index in [4.69, 9.17) is 4.74 Å². The minimum absolute atomic E-state index is 0.107. The van der Waals surface area contributed by atoms with E-state index in [2.05, 4.69) is 15.8 Å². The number of hydrogen-bond donors (Lipinski definition) is 2. The van der Waals surface area contributed by atoms with Crippen LogP contribution in [0.4, 0.5) is 10.1 Å². The summed E-state index contributed by atoms with van der Waals surface area (Å²) in [7, 11) is 0. The molecule has 0 unspecified atom stereocenters. The van der Waals surface area contributed by atoms with Crippen LogP contribution in [0.15, 0.2) is 77.9 Å². The van der Waals surface area contributed by atoms with E-state index >= 15 is 0 Å². The molecule has 162 valence electrons. The predicted molar refractivity (Wildman–Crippen MR) is 118 cm³/mol. The van der Waals surface area contributed by atoms with Crippen LogP contribution in [0.25, 0.3) is 0 Å².